The highest BCUT2D eigenvalue weighted by Crippen LogP contribution is 2.56. The number of carbonyl (C=O) groups excluding carboxylic acids is 1. The average Bonchev–Trinajstić information content (AvgIpc) is 2.69. The number of fused-ring (bicyclic) bond motifs is 1. The van der Waals surface area contributed by atoms with Crippen LogP contribution in [0.25, 0.3) is 6.08 Å². The fraction of sp³-hybridized carbons (Fsp3) is 0.625. The second-order valence-electron chi connectivity index (χ2n) is 9.43. The Hall–Kier alpha value is -1.69. The first-order valence-electron chi connectivity index (χ1n) is 10.7. The van der Waals surface area contributed by atoms with Gasteiger partial charge in [0.1, 0.15) is 12.2 Å². The Morgan fingerprint density at radius 1 is 1.21 bits per heavy atom. The van der Waals surface area contributed by atoms with E-state index in [0.29, 0.717) is 12.8 Å². The van der Waals surface area contributed by atoms with E-state index in [2.05, 4.69) is 13.8 Å². The number of ether oxygens (including phenoxy) is 1. The summed E-state index contributed by atoms with van der Waals surface area (Å²) in [6.07, 6.45) is 3.99. The van der Waals surface area contributed by atoms with Crippen molar-refractivity contribution in [2.75, 3.05) is 6.61 Å². The van der Waals surface area contributed by atoms with E-state index in [1.807, 2.05) is 37.3 Å². The molecule has 0 bridgehead atoms. The van der Waals surface area contributed by atoms with E-state index in [0.717, 1.165) is 18.4 Å². The van der Waals surface area contributed by atoms with Crippen LogP contribution in [0.15, 0.2) is 36.4 Å². The summed E-state index contributed by atoms with van der Waals surface area (Å²) in [5.74, 6) is -0.737. The molecule has 160 valence electrons. The van der Waals surface area contributed by atoms with Crippen molar-refractivity contribution < 1.29 is 24.9 Å². The lowest BCUT2D eigenvalue weighted by molar-refractivity contribution is -0.238. The van der Waals surface area contributed by atoms with Gasteiger partial charge in [-0.15, -0.1) is 0 Å². The molecule has 0 aliphatic heterocycles. The Kier molecular flexibility index (Phi) is 6.51. The third kappa shape index (κ3) is 4.42. The number of hydrogen-bond donors (Lipinski definition) is 3. The van der Waals surface area contributed by atoms with Gasteiger partial charge in [-0.3, -0.25) is 0 Å². The van der Waals surface area contributed by atoms with Crippen LogP contribution in [0.5, 0.6) is 0 Å². The van der Waals surface area contributed by atoms with Crippen LogP contribution in [0.1, 0.15) is 52.0 Å². The summed E-state index contributed by atoms with van der Waals surface area (Å²) < 4.78 is 5.41. The van der Waals surface area contributed by atoms with Crippen LogP contribution in [-0.4, -0.2) is 45.7 Å². The minimum atomic E-state index is -1.35. The number of carbonyl (C=O) groups is 1. The van der Waals surface area contributed by atoms with Gasteiger partial charge in [0.2, 0.25) is 0 Å². The summed E-state index contributed by atoms with van der Waals surface area (Å²) in [6.45, 7) is 5.91. The molecule has 3 N–H and O–H groups in total. The van der Waals surface area contributed by atoms with Crippen molar-refractivity contribution in [2.24, 2.45) is 23.2 Å². The second kappa shape index (κ2) is 8.58. The Morgan fingerprint density at radius 2 is 1.90 bits per heavy atom. The van der Waals surface area contributed by atoms with Crippen molar-refractivity contribution >= 4 is 12.0 Å². The Balaban J connectivity index is 1.74. The molecule has 0 aromatic heterocycles. The van der Waals surface area contributed by atoms with Gasteiger partial charge >= 0.3 is 5.97 Å². The molecule has 1 aromatic carbocycles. The lowest BCUT2D eigenvalue weighted by Crippen LogP contribution is -2.65. The quantitative estimate of drug-likeness (QED) is 0.520. The van der Waals surface area contributed by atoms with E-state index >= 15 is 0 Å². The lowest BCUT2D eigenvalue weighted by Gasteiger charge is -2.59. The largest absolute Gasteiger partial charge is 0.459 e. The number of aliphatic hydroxyl groups excluding tert-OH is 2. The van der Waals surface area contributed by atoms with Crippen molar-refractivity contribution in [2.45, 2.75) is 64.3 Å². The zero-order valence-electron chi connectivity index (χ0n) is 17.6. The summed E-state index contributed by atoms with van der Waals surface area (Å²) in [6, 6.07) is 9.44. The average molecular weight is 403 g/mol. The molecule has 0 radical (unpaired) electrons. The summed E-state index contributed by atoms with van der Waals surface area (Å²) in [5, 5.41) is 33.3. The predicted molar refractivity (Wildman–Crippen MR) is 112 cm³/mol. The van der Waals surface area contributed by atoms with Crippen LogP contribution < -0.4 is 0 Å². The molecule has 2 saturated carbocycles. The number of hydrogen-bond acceptors (Lipinski definition) is 5. The molecule has 5 heteroatoms. The van der Waals surface area contributed by atoms with Crippen LogP contribution in [0.3, 0.4) is 0 Å². The minimum Gasteiger partial charge on any atom is -0.459 e. The van der Waals surface area contributed by atoms with Gasteiger partial charge in [0.15, 0.2) is 0 Å². The third-order valence-electron chi connectivity index (χ3n) is 7.23. The van der Waals surface area contributed by atoms with Gasteiger partial charge in [0, 0.05) is 17.4 Å². The molecule has 2 fully saturated rings. The Labute approximate surface area is 173 Å². The van der Waals surface area contributed by atoms with E-state index in [1.165, 1.54) is 6.08 Å². The van der Waals surface area contributed by atoms with Gasteiger partial charge in [-0.25, -0.2) is 4.79 Å². The SMILES string of the molecule is CC(C)C1CCC2(C)C(O)CCC(O)(COC(=O)C=Cc3ccccc3)C2C1O. The lowest BCUT2D eigenvalue weighted by atomic mass is 9.50. The number of rotatable bonds is 5. The van der Waals surface area contributed by atoms with Crippen LogP contribution in [-0.2, 0) is 9.53 Å². The van der Waals surface area contributed by atoms with Crippen molar-refractivity contribution in [3.8, 4) is 0 Å². The molecule has 3 rings (SSSR count). The van der Waals surface area contributed by atoms with Crippen molar-refractivity contribution in [3.63, 3.8) is 0 Å². The molecular formula is C24H34O5. The molecule has 6 atom stereocenters. The van der Waals surface area contributed by atoms with Gasteiger partial charge in [-0.2, -0.15) is 0 Å². The Morgan fingerprint density at radius 3 is 2.55 bits per heavy atom. The molecule has 1 aromatic rings. The van der Waals surface area contributed by atoms with Gasteiger partial charge in [0.05, 0.1) is 12.2 Å². The van der Waals surface area contributed by atoms with Crippen molar-refractivity contribution in [3.05, 3.63) is 42.0 Å². The molecular weight excluding hydrogens is 368 g/mol. The van der Waals surface area contributed by atoms with E-state index < -0.39 is 35.1 Å². The van der Waals surface area contributed by atoms with Crippen LogP contribution >= 0.6 is 0 Å². The summed E-state index contributed by atoms with van der Waals surface area (Å²) >= 11 is 0. The Bertz CT molecular complexity index is 730. The van der Waals surface area contributed by atoms with Crippen molar-refractivity contribution in [1.82, 2.24) is 0 Å². The maximum atomic E-state index is 12.2. The fourth-order valence-electron chi connectivity index (χ4n) is 5.48. The first-order valence-corrected chi connectivity index (χ1v) is 10.7. The minimum absolute atomic E-state index is 0.0542. The molecule has 2 aliphatic rings. The van der Waals surface area contributed by atoms with Crippen LogP contribution in [0.4, 0.5) is 0 Å². The zero-order valence-corrected chi connectivity index (χ0v) is 17.6. The van der Waals surface area contributed by atoms with E-state index in [9.17, 15) is 20.1 Å². The second-order valence-corrected chi connectivity index (χ2v) is 9.43. The highest BCUT2D eigenvalue weighted by molar-refractivity contribution is 5.87. The topological polar surface area (TPSA) is 87.0 Å². The molecule has 0 spiro atoms. The van der Waals surface area contributed by atoms with Crippen molar-refractivity contribution in [1.29, 1.82) is 0 Å². The zero-order chi connectivity index (χ0) is 21.2. The maximum Gasteiger partial charge on any atom is 0.330 e. The van der Waals surface area contributed by atoms with Gasteiger partial charge in [-0.1, -0.05) is 51.1 Å². The van der Waals surface area contributed by atoms with Gasteiger partial charge in [-0.05, 0) is 49.2 Å². The van der Waals surface area contributed by atoms with Gasteiger partial charge in [0.25, 0.3) is 0 Å². The first kappa shape index (κ1) is 22.0. The van der Waals surface area contributed by atoms with E-state index in [4.69, 9.17) is 4.74 Å². The number of benzene rings is 1. The molecule has 2 aliphatic carbocycles. The molecule has 0 heterocycles. The number of esters is 1. The molecule has 5 nitrogen and oxygen atoms in total. The van der Waals surface area contributed by atoms with E-state index in [1.54, 1.807) is 6.08 Å². The predicted octanol–water partition coefficient (Wildman–Crippen LogP) is 3.18. The molecule has 29 heavy (non-hydrogen) atoms. The van der Waals surface area contributed by atoms with Crippen LogP contribution in [0.2, 0.25) is 0 Å². The third-order valence-corrected chi connectivity index (χ3v) is 7.23. The molecule has 0 amide bonds. The summed E-state index contributed by atoms with van der Waals surface area (Å²) in [5.41, 5.74) is -1.06. The van der Waals surface area contributed by atoms with Crippen LogP contribution in [0, 0.1) is 23.2 Å². The molecule has 0 saturated heterocycles. The maximum absolute atomic E-state index is 12.2. The summed E-state index contributed by atoms with van der Waals surface area (Å²) in [7, 11) is 0. The number of aliphatic hydroxyl groups is 3. The first-order chi connectivity index (χ1) is 13.7. The fourth-order valence-corrected chi connectivity index (χ4v) is 5.48. The smallest absolute Gasteiger partial charge is 0.330 e. The van der Waals surface area contributed by atoms with E-state index in [-0.39, 0.29) is 18.4 Å². The summed E-state index contributed by atoms with van der Waals surface area (Å²) in [4.78, 5) is 12.2. The highest BCUT2D eigenvalue weighted by atomic mass is 16.5. The van der Waals surface area contributed by atoms with Gasteiger partial charge < -0.3 is 20.1 Å². The monoisotopic (exact) mass is 402 g/mol. The molecule has 6 unspecified atom stereocenters. The highest BCUT2D eigenvalue weighted by Gasteiger charge is 2.61. The normalized spacial score (nSPS) is 37.5. The standard InChI is InChI=1S/C24H34O5/c1-16(2)18-11-13-23(3)19(25)12-14-24(28,22(23)21(18)27)15-29-20(26)10-9-17-7-5-4-6-8-17/h4-10,16,18-19,21-22,25,27-28H,11-15H2,1-3H3.